The van der Waals surface area contributed by atoms with Gasteiger partial charge in [0.15, 0.2) is 0 Å². The van der Waals surface area contributed by atoms with Crippen LogP contribution in [0.3, 0.4) is 0 Å². The van der Waals surface area contributed by atoms with E-state index in [-0.39, 0.29) is 0 Å². The van der Waals surface area contributed by atoms with Gasteiger partial charge in [-0.05, 0) is 85.9 Å². The highest BCUT2D eigenvalue weighted by molar-refractivity contribution is 7.98. The Balaban J connectivity index is 1.30. The van der Waals surface area contributed by atoms with Crippen molar-refractivity contribution in [3.63, 3.8) is 0 Å². The Morgan fingerprint density at radius 1 is 1.17 bits per heavy atom. The quantitative estimate of drug-likeness (QED) is 0.580. The average Bonchev–Trinajstić information content (AvgIpc) is 2.79. The molecule has 0 spiro atoms. The lowest BCUT2D eigenvalue weighted by atomic mass is 9.85. The number of benzene rings is 2. The number of hydrogen-bond donors (Lipinski definition) is 0. The molecule has 0 N–H and O–H groups in total. The third-order valence-electron chi connectivity index (χ3n) is 6.05. The molecule has 1 saturated carbocycles. The van der Waals surface area contributed by atoms with Gasteiger partial charge in [0.2, 0.25) is 0 Å². The molecule has 1 aliphatic heterocycles. The zero-order valence-electron chi connectivity index (χ0n) is 17.2. The maximum absolute atomic E-state index is 13.4. The second-order valence-corrected chi connectivity index (χ2v) is 8.83. The first-order valence-electron chi connectivity index (χ1n) is 10.5. The Hall–Kier alpha value is -2.52. The van der Waals surface area contributed by atoms with E-state index in [1.54, 1.807) is 18.0 Å². The van der Waals surface area contributed by atoms with Gasteiger partial charge in [-0.2, -0.15) is 5.26 Å². The fourth-order valence-electron chi connectivity index (χ4n) is 4.37. The van der Waals surface area contributed by atoms with E-state index >= 15 is 0 Å². The first-order valence-corrected chi connectivity index (χ1v) is 11.4. The molecular weight excluding hydrogens is 397 g/mol. The number of nitriles is 1. The van der Waals surface area contributed by atoms with Crippen LogP contribution < -0.4 is 4.74 Å². The van der Waals surface area contributed by atoms with Crippen LogP contribution in [-0.2, 0) is 0 Å². The standard InChI is InChI=1S/C24H26FN3OS/c1-17-27-30-13-12-28(17)22-7-2-18(3-8-22)16-29-23-9-4-19(5-10-23)24-11-6-21(25)14-20(24)15-26/h4-6,9-11,14,18,22H,2-3,7-8,12-13,16H2,1H3. The highest BCUT2D eigenvalue weighted by Gasteiger charge is 2.28. The topological polar surface area (TPSA) is 48.6 Å². The van der Waals surface area contributed by atoms with Crippen molar-refractivity contribution in [1.29, 1.82) is 5.26 Å². The van der Waals surface area contributed by atoms with Gasteiger partial charge in [0.1, 0.15) is 17.4 Å². The molecule has 156 valence electrons. The minimum Gasteiger partial charge on any atom is -0.493 e. The van der Waals surface area contributed by atoms with Crippen LogP contribution in [0, 0.1) is 23.1 Å². The van der Waals surface area contributed by atoms with Crippen LogP contribution in [-0.4, -0.2) is 35.7 Å². The van der Waals surface area contributed by atoms with Crippen LogP contribution in [0.1, 0.15) is 38.2 Å². The van der Waals surface area contributed by atoms with E-state index in [1.165, 1.54) is 43.7 Å². The predicted molar refractivity (Wildman–Crippen MR) is 120 cm³/mol. The van der Waals surface area contributed by atoms with Gasteiger partial charge in [0.25, 0.3) is 0 Å². The monoisotopic (exact) mass is 423 g/mol. The molecule has 2 aliphatic rings. The Labute approximate surface area is 181 Å². The van der Waals surface area contributed by atoms with E-state index in [0.29, 0.717) is 17.5 Å². The zero-order valence-corrected chi connectivity index (χ0v) is 18.0. The Morgan fingerprint density at radius 2 is 1.93 bits per heavy atom. The predicted octanol–water partition coefficient (Wildman–Crippen LogP) is 5.68. The second kappa shape index (κ2) is 9.53. The van der Waals surface area contributed by atoms with Gasteiger partial charge < -0.3 is 9.64 Å². The molecule has 0 radical (unpaired) electrons. The molecule has 0 bridgehead atoms. The fraction of sp³-hybridized carbons (Fsp3) is 0.417. The summed E-state index contributed by atoms with van der Waals surface area (Å²) < 4.78 is 23.9. The second-order valence-electron chi connectivity index (χ2n) is 7.98. The van der Waals surface area contributed by atoms with E-state index in [1.807, 2.05) is 24.3 Å². The highest BCUT2D eigenvalue weighted by Crippen LogP contribution is 2.31. The van der Waals surface area contributed by atoms with Gasteiger partial charge in [0, 0.05) is 18.3 Å². The largest absolute Gasteiger partial charge is 0.493 e. The molecule has 2 aromatic rings. The van der Waals surface area contributed by atoms with Crippen molar-refractivity contribution < 1.29 is 9.13 Å². The number of halogens is 1. The SMILES string of the molecule is CC1=NSCCN1C1CCC(COc2ccc(-c3ccc(F)cc3C#N)cc2)CC1. The number of ether oxygens (including phenoxy) is 1. The Morgan fingerprint density at radius 3 is 2.63 bits per heavy atom. The van der Waals surface area contributed by atoms with Gasteiger partial charge >= 0.3 is 0 Å². The van der Waals surface area contributed by atoms with Crippen LogP contribution in [0.5, 0.6) is 5.75 Å². The number of amidine groups is 1. The maximum Gasteiger partial charge on any atom is 0.124 e. The number of hydrogen-bond acceptors (Lipinski definition) is 5. The maximum atomic E-state index is 13.4. The first kappa shape index (κ1) is 20.7. The molecule has 6 heteroatoms. The molecule has 2 aromatic carbocycles. The average molecular weight is 424 g/mol. The summed E-state index contributed by atoms with van der Waals surface area (Å²) in [7, 11) is 0. The molecule has 4 nitrogen and oxygen atoms in total. The van der Waals surface area contributed by atoms with Gasteiger partial charge in [-0.1, -0.05) is 18.2 Å². The van der Waals surface area contributed by atoms with Crippen LogP contribution >= 0.6 is 11.9 Å². The summed E-state index contributed by atoms with van der Waals surface area (Å²) in [6.07, 6.45) is 4.76. The zero-order chi connectivity index (χ0) is 20.9. The summed E-state index contributed by atoms with van der Waals surface area (Å²) in [5.41, 5.74) is 1.96. The third-order valence-corrected chi connectivity index (χ3v) is 6.80. The molecule has 1 heterocycles. The lowest BCUT2D eigenvalue weighted by Crippen LogP contribution is -2.44. The molecule has 0 unspecified atom stereocenters. The van der Waals surface area contributed by atoms with Gasteiger partial charge in [0.05, 0.1) is 18.2 Å². The lowest BCUT2D eigenvalue weighted by Gasteiger charge is -2.39. The molecule has 1 aliphatic carbocycles. The van der Waals surface area contributed by atoms with Crippen LogP contribution in [0.25, 0.3) is 11.1 Å². The first-order chi connectivity index (χ1) is 14.6. The molecule has 0 aromatic heterocycles. The van der Waals surface area contributed by atoms with Crippen molar-refractivity contribution in [3.05, 3.63) is 53.8 Å². The van der Waals surface area contributed by atoms with E-state index in [0.717, 1.165) is 35.8 Å². The molecule has 4 rings (SSSR count). The summed E-state index contributed by atoms with van der Waals surface area (Å²) in [5, 5.41) is 9.25. The Bertz CT molecular complexity index is 946. The van der Waals surface area contributed by atoms with Crippen LogP contribution in [0.4, 0.5) is 4.39 Å². The minimum atomic E-state index is -0.397. The number of rotatable bonds is 5. The molecule has 30 heavy (non-hydrogen) atoms. The van der Waals surface area contributed by atoms with Crippen molar-refractivity contribution in [3.8, 4) is 22.9 Å². The third kappa shape index (κ3) is 4.79. The minimum absolute atomic E-state index is 0.341. The van der Waals surface area contributed by atoms with Crippen molar-refractivity contribution in [2.75, 3.05) is 18.9 Å². The summed E-state index contributed by atoms with van der Waals surface area (Å²) in [4.78, 5) is 2.48. The molecular formula is C24H26FN3OS. The summed E-state index contributed by atoms with van der Waals surface area (Å²) in [6.45, 7) is 3.96. The van der Waals surface area contributed by atoms with Crippen molar-refractivity contribution >= 4 is 17.8 Å². The van der Waals surface area contributed by atoms with E-state index in [2.05, 4.69) is 22.3 Å². The normalized spacial score (nSPS) is 21.6. The summed E-state index contributed by atoms with van der Waals surface area (Å²) >= 11 is 1.67. The molecule has 0 amide bonds. The van der Waals surface area contributed by atoms with Gasteiger partial charge in [-0.15, -0.1) is 0 Å². The smallest absolute Gasteiger partial charge is 0.124 e. The van der Waals surface area contributed by atoms with Crippen molar-refractivity contribution in [2.45, 2.75) is 38.6 Å². The van der Waals surface area contributed by atoms with Gasteiger partial charge in [-0.3, -0.25) is 0 Å². The van der Waals surface area contributed by atoms with Crippen LogP contribution in [0.2, 0.25) is 0 Å². The van der Waals surface area contributed by atoms with Crippen molar-refractivity contribution in [1.82, 2.24) is 4.90 Å². The Kier molecular flexibility index (Phi) is 6.59. The van der Waals surface area contributed by atoms with E-state index < -0.39 is 5.82 Å². The molecule has 0 saturated heterocycles. The van der Waals surface area contributed by atoms with E-state index in [4.69, 9.17) is 4.74 Å². The lowest BCUT2D eigenvalue weighted by molar-refractivity contribution is 0.161. The van der Waals surface area contributed by atoms with E-state index in [9.17, 15) is 9.65 Å². The molecule has 1 fully saturated rings. The van der Waals surface area contributed by atoms with Crippen LogP contribution in [0.15, 0.2) is 46.9 Å². The van der Waals surface area contributed by atoms with Crippen molar-refractivity contribution in [2.24, 2.45) is 10.3 Å². The summed E-state index contributed by atoms with van der Waals surface area (Å²) in [6, 6.07) is 14.7. The summed E-state index contributed by atoms with van der Waals surface area (Å²) in [5.74, 6) is 3.28. The molecule has 0 atom stereocenters. The number of nitrogens with zero attached hydrogens (tertiary/aromatic N) is 3. The highest BCUT2D eigenvalue weighted by atomic mass is 32.2. The fourth-order valence-corrected chi connectivity index (χ4v) is 5.03. The van der Waals surface area contributed by atoms with Gasteiger partial charge in [-0.25, -0.2) is 8.79 Å².